The van der Waals surface area contributed by atoms with E-state index >= 15 is 0 Å². The van der Waals surface area contributed by atoms with Gasteiger partial charge in [0.05, 0.1) is 5.41 Å². The van der Waals surface area contributed by atoms with Gasteiger partial charge in [0.25, 0.3) is 5.91 Å². The maximum atomic E-state index is 12.2. The van der Waals surface area contributed by atoms with Gasteiger partial charge in [0.2, 0.25) is 11.7 Å². The molecule has 1 N–H and O–H groups in total. The summed E-state index contributed by atoms with van der Waals surface area (Å²) in [5.74, 6) is 1.06. The summed E-state index contributed by atoms with van der Waals surface area (Å²) in [5, 5.41) is 7.06. The first-order valence-corrected chi connectivity index (χ1v) is 8.89. The van der Waals surface area contributed by atoms with E-state index in [4.69, 9.17) is 4.52 Å². The van der Waals surface area contributed by atoms with Crippen molar-refractivity contribution in [2.45, 2.75) is 38.1 Å². The average Bonchev–Trinajstić information content (AvgIpc) is 3.32. The van der Waals surface area contributed by atoms with E-state index < -0.39 is 0 Å². The van der Waals surface area contributed by atoms with Gasteiger partial charge >= 0.3 is 0 Å². The van der Waals surface area contributed by atoms with Gasteiger partial charge in [0.1, 0.15) is 0 Å². The van der Waals surface area contributed by atoms with Crippen LogP contribution in [-0.2, 0) is 5.41 Å². The highest BCUT2D eigenvalue weighted by atomic mass is 16.5. The Morgan fingerprint density at radius 3 is 2.58 bits per heavy atom. The molecule has 132 valence electrons. The minimum Gasteiger partial charge on any atom is -0.350 e. The summed E-state index contributed by atoms with van der Waals surface area (Å²) in [6.45, 7) is 3.87. The zero-order chi connectivity index (χ0) is 18.1. The van der Waals surface area contributed by atoms with Gasteiger partial charge in [0, 0.05) is 17.2 Å². The summed E-state index contributed by atoms with van der Waals surface area (Å²) in [6.07, 6.45) is 2.02. The van der Waals surface area contributed by atoms with Crippen molar-refractivity contribution in [1.29, 1.82) is 0 Å². The van der Waals surface area contributed by atoms with E-state index in [1.54, 1.807) is 12.1 Å². The molecule has 0 unspecified atom stereocenters. The van der Waals surface area contributed by atoms with Gasteiger partial charge in [-0.15, -0.1) is 0 Å². The van der Waals surface area contributed by atoms with Crippen LogP contribution in [0, 0.1) is 0 Å². The van der Waals surface area contributed by atoms with Crippen molar-refractivity contribution in [3.05, 3.63) is 71.6 Å². The Morgan fingerprint density at radius 1 is 1.12 bits per heavy atom. The second kappa shape index (κ2) is 6.41. The maximum Gasteiger partial charge on any atom is 0.251 e. The molecule has 0 atom stereocenters. The fourth-order valence-corrected chi connectivity index (χ4v) is 3.19. The first-order chi connectivity index (χ1) is 12.6. The lowest BCUT2D eigenvalue weighted by Crippen LogP contribution is -2.30. The summed E-state index contributed by atoms with van der Waals surface area (Å²) < 4.78 is 5.60. The van der Waals surface area contributed by atoms with Gasteiger partial charge < -0.3 is 9.84 Å². The molecule has 1 aromatic heterocycles. The third-order valence-electron chi connectivity index (χ3n) is 4.71. The minimum atomic E-state index is -0.154. The highest BCUT2D eigenvalue weighted by molar-refractivity contribution is 5.95. The van der Waals surface area contributed by atoms with Crippen LogP contribution < -0.4 is 5.32 Å². The molecule has 0 aliphatic heterocycles. The number of aromatic nitrogens is 2. The number of rotatable bonds is 5. The van der Waals surface area contributed by atoms with Crippen molar-refractivity contribution in [1.82, 2.24) is 15.5 Å². The molecule has 1 heterocycles. The molecule has 1 aliphatic carbocycles. The predicted molar refractivity (Wildman–Crippen MR) is 98.8 cm³/mol. The van der Waals surface area contributed by atoms with Gasteiger partial charge in [-0.3, -0.25) is 4.79 Å². The number of carbonyl (C=O) groups excluding carboxylic acids is 1. The van der Waals surface area contributed by atoms with Crippen LogP contribution in [0.5, 0.6) is 0 Å². The molecule has 1 amide bonds. The normalized spacial score (nSPS) is 15.0. The monoisotopic (exact) mass is 347 g/mol. The fraction of sp³-hybridized carbons (Fsp3) is 0.286. The second-order valence-electron chi connectivity index (χ2n) is 7.08. The van der Waals surface area contributed by atoms with Gasteiger partial charge in [-0.2, -0.15) is 4.98 Å². The minimum absolute atomic E-state index is 0.0866. The lowest BCUT2D eigenvalue weighted by atomic mass is 9.96. The van der Waals surface area contributed by atoms with Gasteiger partial charge in [-0.25, -0.2) is 0 Å². The van der Waals surface area contributed by atoms with Crippen LogP contribution in [0.3, 0.4) is 0 Å². The lowest BCUT2D eigenvalue weighted by Gasteiger charge is -2.09. The second-order valence-corrected chi connectivity index (χ2v) is 7.08. The van der Waals surface area contributed by atoms with Crippen LogP contribution in [-0.4, -0.2) is 22.1 Å². The average molecular weight is 347 g/mol. The molecule has 26 heavy (non-hydrogen) atoms. The highest BCUT2D eigenvalue weighted by Gasteiger charge is 2.50. The first kappa shape index (κ1) is 16.5. The van der Waals surface area contributed by atoms with E-state index in [2.05, 4.69) is 27.6 Å². The summed E-state index contributed by atoms with van der Waals surface area (Å²) >= 11 is 0. The van der Waals surface area contributed by atoms with Crippen LogP contribution in [0.4, 0.5) is 0 Å². The van der Waals surface area contributed by atoms with Crippen molar-refractivity contribution in [3.8, 4) is 11.4 Å². The number of amides is 1. The maximum absolute atomic E-state index is 12.2. The van der Waals surface area contributed by atoms with Crippen molar-refractivity contribution >= 4 is 5.91 Å². The Morgan fingerprint density at radius 2 is 1.88 bits per heavy atom. The SMILES string of the molecule is CC(C)NC(=O)c1cccc(-c2noc(C3(c4ccccc4)CC3)n2)c1. The number of nitrogens with zero attached hydrogens (tertiary/aromatic N) is 2. The topological polar surface area (TPSA) is 68.0 Å². The van der Waals surface area contributed by atoms with E-state index in [0.29, 0.717) is 17.3 Å². The Kier molecular flexibility index (Phi) is 4.07. The molecular formula is C21H21N3O2. The molecule has 4 rings (SSSR count). The molecule has 3 aromatic rings. The van der Waals surface area contributed by atoms with E-state index in [0.717, 1.165) is 18.4 Å². The summed E-state index contributed by atoms with van der Waals surface area (Å²) in [5.41, 5.74) is 2.42. The standard InChI is InChI=1S/C21H21N3O2/c1-14(2)22-19(25)16-8-6-7-15(13-16)18-23-20(26-24-18)21(11-12-21)17-9-4-3-5-10-17/h3-10,13-14H,11-12H2,1-2H3,(H,22,25). The molecule has 1 aliphatic rings. The third-order valence-corrected chi connectivity index (χ3v) is 4.71. The summed E-state index contributed by atoms with van der Waals surface area (Å²) in [4.78, 5) is 16.9. The third kappa shape index (κ3) is 3.01. The van der Waals surface area contributed by atoms with Crippen molar-refractivity contribution < 1.29 is 9.32 Å². The first-order valence-electron chi connectivity index (χ1n) is 8.89. The quantitative estimate of drug-likeness (QED) is 0.759. The molecule has 5 nitrogen and oxygen atoms in total. The summed E-state index contributed by atoms with van der Waals surface area (Å²) in [7, 11) is 0. The fourth-order valence-electron chi connectivity index (χ4n) is 3.19. The van der Waals surface area contributed by atoms with Crippen LogP contribution >= 0.6 is 0 Å². The van der Waals surface area contributed by atoms with Crippen molar-refractivity contribution in [3.63, 3.8) is 0 Å². The Balaban J connectivity index is 1.62. The molecule has 0 radical (unpaired) electrons. The Labute approximate surface area is 152 Å². The lowest BCUT2D eigenvalue weighted by molar-refractivity contribution is 0.0943. The van der Waals surface area contributed by atoms with Crippen LogP contribution in [0.1, 0.15) is 48.5 Å². The van der Waals surface area contributed by atoms with E-state index in [-0.39, 0.29) is 17.4 Å². The number of nitrogens with one attached hydrogen (secondary N) is 1. The predicted octanol–water partition coefficient (Wildman–Crippen LogP) is 3.95. The van der Waals surface area contributed by atoms with Gasteiger partial charge in [-0.05, 0) is 44.4 Å². The zero-order valence-electron chi connectivity index (χ0n) is 14.9. The van der Waals surface area contributed by atoms with Crippen LogP contribution in [0.15, 0.2) is 59.1 Å². The number of hydrogen-bond donors (Lipinski definition) is 1. The van der Waals surface area contributed by atoms with Crippen LogP contribution in [0.2, 0.25) is 0 Å². The van der Waals surface area contributed by atoms with E-state index in [1.165, 1.54) is 5.56 Å². The zero-order valence-corrected chi connectivity index (χ0v) is 14.9. The molecule has 1 saturated carbocycles. The van der Waals surface area contributed by atoms with Crippen LogP contribution in [0.25, 0.3) is 11.4 Å². The smallest absolute Gasteiger partial charge is 0.251 e. The van der Waals surface area contributed by atoms with Crippen molar-refractivity contribution in [2.24, 2.45) is 0 Å². The molecule has 0 spiro atoms. The molecule has 0 bridgehead atoms. The molecular weight excluding hydrogens is 326 g/mol. The van der Waals surface area contributed by atoms with E-state index in [1.807, 2.05) is 44.2 Å². The molecule has 0 saturated heterocycles. The molecule has 1 fully saturated rings. The molecule has 2 aromatic carbocycles. The number of benzene rings is 2. The summed E-state index contributed by atoms with van der Waals surface area (Å²) in [6, 6.07) is 17.7. The van der Waals surface area contributed by atoms with Crippen molar-refractivity contribution in [2.75, 3.05) is 0 Å². The highest BCUT2D eigenvalue weighted by Crippen LogP contribution is 2.52. The Hall–Kier alpha value is -2.95. The van der Waals surface area contributed by atoms with Gasteiger partial charge in [-0.1, -0.05) is 47.6 Å². The largest absolute Gasteiger partial charge is 0.350 e. The number of carbonyl (C=O) groups is 1. The van der Waals surface area contributed by atoms with E-state index in [9.17, 15) is 4.79 Å². The molecule has 5 heteroatoms. The number of hydrogen-bond acceptors (Lipinski definition) is 4. The van der Waals surface area contributed by atoms with Gasteiger partial charge in [0.15, 0.2) is 0 Å². The Bertz CT molecular complexity index is 927.